The summed E-state index contributed by atoms with van der Waals surface area (Å²) >= 11 is 0. The van der Waals surface area contributed by atoms with Crippen molar-refractivity contribution in [2.45, 2.75) is 44.3 Å². The lowest BCUT2D eigenvalue weighted by Crippen LogP contribution is -2.43. The van der Waals surface area contributed by atoms with Crippen LogP contribution in [0, 0.1) is 11.8 Å². The molecule has 3 heteroatoms. The maximum atomic E-state index is 12.9. The molecular formula is C23H30O2Si. The first-order chi connectivity index (χ1) is 12.4. The summed E-state index contributed by atoms with van der Waals surface area (Å²) in [6.07, 6.45) is 1.78. The topological polar surface area (TPSA) is 26.3 Å². The van der Waals surface area contributed by atoms with Crippen LogP contribution in [-0.2, 0) is 14.9 Å². The molecule has 1 aliphatic carbocycles. The molecule has 0 aromatic heterocycles. The largest absolute Gasteiger partial charge is 0.468 e. The van der Waals surface area contributed by atoms with Crippen LogP contribution >= 0.6 is 0 Å². The third kappa shape index (κ3) is 3.50. The Hall–Kier alpha value is -1.87. The number of rotatable bonds is 5. The maximum absolute atomic E-state index is 12.9. The Morgan fingerprint density at radius 1 is 1.04 bits per heavy atom. The molecule has 0 spiro atoms. The van der Waals surface area contributed by atoms with Gasteiger partial charge in [0, 0.05) is 0 Å². The zero-order valence-electron chi connectivity index (χ0n) is 16.4. The average Bonchev–Trinajstić information content (AvgIpc) is 2.99. The van der Waals surface area contributed by atoms with Crippen LogP contribution in [0.1, 0.15) is 25.3 Å². The molecule has 1 saturated carbocycles. The molecule has 0 heterocycles. The molecule has 3 rings (SSSR count). The minimum absolute atomic E-state index is 0.0720. The Balaban J connectivity index is 1.88. The zero-order chi connectivity index (χ0) is 18.8. The molecule has 1 aliphatic rings. The summed E-state index contributed by atoms with van der Waals surface area (Å²) in [7, 11) is -0.0253. The Bertz CT molecular complexity index is 741. The number of hydrogen-bond acceptors (Lipinski definition) is 2. The van der Waals surface area contributed by atoms with Crippen molar-refractivity contribution in [1.82, 2.24) is 0 Å². The van der Waals surface area contributed by atoms with Gasteiger partial charge in [-0.05, 0) is 30.2 Å². The van der Waals surface area contributed by atoms with Gasteiger partial charge < -0.3 is 4.74 Å². The number of carbonyl (C=O) groups is 1. The van der Waals surface area contributed by atoms with Crippen LogP contribution in [0.4, 0.5) is 0 Å². The number of benzene rings is 2. The lowest BCUT2D eigenvalue weighted by Gasteiger charge is -2.30. The van der Waals surface area contributed by atoms with E-state index >= 15 is 0 Å². The van der Waals surface area contributed by atoms with Crippen LogP contribution in [0.5, 0.6) is 0 Å². The smallest absolute Gasteiger partial charge is 0.316 e. The summed E-state index contributed by atoms with van der Waals surface area (Å²) < 4.78 is 5.28. The van der Waals surface area contributed by atoms with E-state index in [1.54, 1.807) is 0 Å². The molecular weight excluding hydrogens is 336 g/mol. The SMILES string of the molecule is COC(=O)[C@]1(c2ccccc2)C[C@@H](C[Si](C)(C)c2ccccc2)[C@H](C)C1. The van der Waals surface area contributed by atoms with Gasteiger partial charge in [-0.2, -0.15) is 0 Å². The second-order valence-corrected chi connectivity index (χ2v) is 13.3. The fourth-order valence-electron chi connectivity index (χ4n) is 4.86. The predicted molar refractivity (Wildman–Crippen MR) is 110 cm³/mol. The van der Waals surface area contributed by atoms with E-state index in [2.05, 4.69) is 62.5 Å². The summed E-state index contributed by atoms with van der Waals surface area (Å²) in [6, 6.07) is 22.4. The molecule has 0 aliphatic heterocycles. The van der Waals surface area contributed by atoms with Gasteiger partial charge in [-0.1, -0.05) is 91.9 Å². The highest BCUT2D eigenvalue weighted by atomic mass is 28.3. The van der Waals surface area contributed by atoms with Gasteiger partial charge >= 0.3 is 5.97 Å². The van der Waals surface area contributed by atoms with Crippen LogP contribution in [0.2, 0.25) is 19.1 Å². The van der Waals surface area contributed by atoms with Gasteiger partial charge in [-0.15, -0.1) is 0 Å². The second-order valence-electron chi connectivity index (χ2n) is 8.54. The highest BCUT2D eigenvalue weighted by molar-refractivity contribution is 6.89. The molecule has 0 N–H and O–H groups in total. The van der Waals surface area contributed by atoms with Gasteiger partial charge in [0.15, 0.2) is 0 Å². The second kappa shape index (κ2) is 7.40. The molecule has 26 heavy (non-hydrogen) atoms. The van der Waals surface area contributed by atoms with E-state index in [-0.39, 0.29) is 5.97 Å². The van der Waals surface area contributed by atoms with Gasteiger partial charge in [0.2, 0.25) is 0 Å². The third-order valence-corrected chi connectivity index (χ3v) is 9.76. The molecule has 0 saturated heterocycles. The van der Waals surface area contributed by atoms with Gasteiger partial charge in [-0.25, -0.2) is 0 Å². The fourth-order valence-corrected chi connectivity index (χ4v) is 8.05. The number of ether oxygens (including phenoxy) is 1. The summed E-state index contributed by atoms with van der Waals surface area (Å²) in [5, 5.41) is 1.50. The van der Waals surface area contributed by atoms with Gasteiger partial charge in [-0.3, -0.25) is 4.79 Å². The first kappa shape index (κ1) is 18.9. The first-order valence-corrected chi connectivity index (χ1v) is 12.8. The summed E-state index contributed by atoms with van der Waals surface area (Å²) in [4.78, 5) is 12.9. The minimum Gasteiger partial charge on any atom is -0.468 e. The monoisotopic (exact) mass is 366 g/mol. The van der Waals surface area contributed by atoms with Crippen molar-refractivity contribution in [3.8, 4) is 0 Å². The van der Waals surface area contributed by atoms with Gasteiger partial charge in [0.25, 0.3) is 0 Å². The Labute approximate surface area is 158 Å². The van der Waals surface area contributed by atoms with Crippen molar-refractivity contribution in [3.63, 3.8) is 0 Å². The first-order valence-electron chi connectivity index (χ1n) is 9.58. The van der Waals surface area contributed by atoms with Crippen molar-refractivity contribution >= 4 is 19.2 Å². The van der Waals surface area contributed by atoms with E-state index in [1.165, 1.54) is 18.3 Å². The van der Waals surface area contributed by atoms with E-state index in [1.807, 2.05) is 18.2 Å². The lowest BCUT2D eigenvalue weighted by atomic mass is 9.78. The van der Waals surface area contributed by atoms with Crippen molar-refractivity contribution in [1.29, 1.82) is 0 Å². The molecule has 0 radical (unpaired) electrons. The Kier molecular flexibility index (Phi) is 5.38. The van der Waals surface area contributed by atoms with Crippen molar-refractivity contribution in [2.75, 3.05) is 7.11 Å². The van der Waals surface area contributed by atoms with Crippen molar-refractivity contribution < 1.29 is 9.53 Å². The van der Waals surface area contributed by atoms with Crippen molar-refractivity contribution in [2.24, 2.45) is 11.8 Å². The third-order valence-electron chi connectivity index (χ3n) is 6.32. The van der Waals surface area contributed by atoms with Crippen molar-refractivity contribution in [3.05, 3.63) is 66.2 Å². The number of carbonyl (C=O) groups excluding carboxylic acids is 1. The average molecular weight is 367 g/mol. The highest BCUT2D eigenvalue weighted by Crippen LogP contribution is 2.50. The van der Waals surface area contributed by atoms with E-state index in [4.69, 9.17) is 4.74 Å². The summed E-state index contributed by atoms with van der Waals surface area (Å²) in [6.45, 7) is 7.22. The number of esters is 1. The molecule has 2 nitrogen and oxygen atoms in total. The highest BCUT2D eigenvalue weighted by Gasteiger charge is 2.51. The zero-order valence-corrected chi connectivity index (χ0v) is 17.4. The quantitative estimate of drug-likeness (QED) is 0.563. The van der Waals surface area contributed by atoms with E-state index in [0.29, 0.717) is 11.8 Å². The maximum Gasteiger partial charge on any atom is 0.316 e. The summed E-state index contributed by atoms with van der Waals surface area (Å²) in [5.74, 6) is 0.998. The Morgan fingerprint density at radius 2 is 1.62 bits per heavy atom. The molecule has 1 fully saturated rings. The van der Waals surface area contributed by atoms with Crippen LogP contribution in [0.3, 0.4) is 0 Å². The van der Waals surface area contributed by atoms with Gasteiger partial charge in [0.05, 0.1) is 20.6 Å². The molecule has 2 aromatic rings. The van der Waals surface area contributed by atoms with E-state index in [0.717, 1.165) is 18.4 Å². The van der Waals surface area contributed by atoms with E-state index < -0.39 is 13.5 Å². The molecule has 0 unspecified atom stereocenters. The molecule has 2 aromatic carbocycles. The van der Waals surface area contributed by atoms with Crippen LogP contribution in [0.25, 0.3) is 0 Å². The molecule has 0 amide bonds. The molecule has 138 valence electrons. The minimum atomic E-state index is -1.55. The van der Waals surface area contributed by atoms with E-state index in [9.17, 15) is 4.79 Å². The predicted octanol–water partition coefficient (Wildman–Crippen LogP) is 4.76. The van der Waals surface area contributed by atoms with Crippen LogP contribution in [-0.4, -0.2) is 21.2 Å². The number of hydrogen-bond donors (Lipinski definition) is 0. The van der Waals surface area contributed by atoms with Crippen LogP contribution < -0.4 is 5.19 Å². The standard InChI is InChI=1S/C23H30O2Si/c1-18-15-23(22(24)25-2,20-11-7-5-8-12-20)16-19(18)17-26(3,4)21-13-9-6-10-14-21/h5-14,18-19H,15-17H2,1-4H3/t18-,19+,23+/m1/s1. The fraction of sp³-hybridized carbons (Fsp3) is 0.435. The van der Waals surface area contributed by atoms with Gasteiger partial charge in [0.1, 0.15) is 0 Å². The molecule has 3 atom stereocenters. The number of methoxy groups -OCH3 is 1. The summed E-state index contributed by atoms with van der Waals surface area (Å²) in [5.41, 5.74) is 0.627. The normalized spacial score (nSPS) is 25.8. The lowest BCUT2D eigenvalue weighted by molar-refractivity contribution is -0.147. The van der Waals surface area contributed by atoms with Crippen LogP contribution in [0.15, 0.2) is 60.7 Å². The Morgan fingerprint density at radius 3 is 2.19 bits per heavy atom. The molecule has 0 bridgehead atoms.